The van der Waals surface area contributed by atoms with Gasteiger partial charge in [0.25, 0.3) is 0 Å². The predicted octanol–water partition coefficient (Wildman–Crippen LogP) is 1.22. The molecular weight excluding hydrogens is 270 g/mol. The van der Waals surface area contributed by atoms with E-state index in [0.717, 1.165) is 25.9 Å². The van der Waals surface area contributed by atoms with E-state index in [9.17, 15) is 14.7 Å². The summed E-state index contributed by atoms with van der Waals surface area (Å²) in [6, 6.07) is -0.477. The molecule has 0 bridgehead atoms. The van der Waals surface area contributed by atoms with Crippen LogP contribution in [0.15, 0.2) is 0 Å². The summed E-state index contributed by atoms with van der Waals surface area (Å²) in [4.78, 5) is 27.7. The summed E-state index contributed by atoms with van der Waals surface area (Å²) in [5.41, 5.74) is 0. The van der Waals surface area contributed by atoms with E-state index in [-0.39, 0.29) is 11.9 Å². The number of piperidine rings is 2. The topological polar surface area (TPSA) is 72.9 Å². The summed E-state index contributed by atoms with van der Waals surface area (Å²) in [5.74, 6) is -0.569. The van der Waals surface area contributed by atoms with Crippen LogP contribution in [-0.2, 0) is 4.79 Å². The van der Waals surface area contributed by atoms with Crippen molar-refractivity contribution in [2.75, 3.05) is 26.7 Å². The monoisotopic (exact) mass is 297 g/mol. The van der Waals surface area contributed by atoms with Gasteiger partial charge in [-0.25, -0.2) is 9.59 Å². The molecule has 21 heavy (non-hydrogen) atoms. The first kappa shape index (κ1) is 16.1. The summed E-state index contributed by atoms with van der Waals surface area (Å²) in [6.45, 7) is 6.21. The Bertz CT molecular complexity index is 400. The van der Waals surface area contributed by atoms with E-state index in [1.807, 2.05) is 0 Å². The minimum atomic E-state index is -0.967. The number of carboxylic acids is 1. The van der Waals surface area contributed by atoms with Crippen molar-refractivity contribution in [3.8, 4) is 0 Å². The standard InChI is InChI=1S/C15H27N3O3/c1-10(2)13(14(19)20)16-15(21)18-8-6-12-11(9-18)5-4-7-17(12)3/h10-13H,4-9H2,1-3H3,(H,16,21)(H,19,20). The van der Waals surface area contributed by atoms with E-state index in [2.05, 4.69) is 17.3 Å². The molecule has 2 aliphatic heterocycles. The number of hydrogen-bond donors (Lipinski definition) is 2. The lowest BCUT2D eigenvalue weighted by atomic mass is 9.84. The highest BCUT2D eigenvalue weighted by atomic mass is 16.4. The van der Waals surface area contributed by atoms with E-state index in [1.165, 1.54) is 6.42 Å². The van der Waals surface area contributed by atoms with Crippen molar-refractivity contribution in [2.45, 2.75) is 45.2 Å². The number of rotatable bonds is 3. The smallest absolute Gasteiger partial charge is 0.326 e. The van der Waals surface area contributed by atoms with Crippen molar-refractivity contribution < 1.29 is 14.7 Å². The molecule has 0 spiro atoms. The van der Waals surface area contributed by atoms with Gasteiger partial charge >= 0.3 is 12.0 Å². The van der Waals surface area contributed by atoms with E-state index in [1.54, 1.807) is 18.7 Å². The van der Waals surface area contributed by atoms with Crippen molar-refractivity contribution in [3.05, 3.63) is 0 Å². The fourth-order valence-electron chi connectivity index (χ4n) is 3.57. The zero-order valence-corrected chi connectivity index (χ0v) is 13.2. The van der Waals surface area contributed by atoms with Gasteiger partial charge in [-0.1, -0.05) is 13.8 Å². The lowest BCUT2D eigenvalue weighted by Gasteiger charge is -2.46. The van der Waals surface area contributed by atoms with Gasteiger partial charge in [0.15, 0.2) is 0 Å². The molecule has 2 rings (SSSR count). The number of aliphatic carboxylic acids is 1. The fourth-order valence-corrected chi connectivity index (χ4v) is 3.57. The number of urea groups is 1. The minimum absolute atomic E-state index is 0.121. The number of carbonyl (C=O) groups is 2. The molecule has 2 N–H and O–H groups in total. The quantitative estimate of drug-likeness (QED) is 0.821. The Balaban J connectivity index is 1.93. The van der Waals surface area contributed by atoms with E-state index in [4.69, 9.17) is 0 Å². The molecule has 0 aromatic carbocycles. The number of nitrogens with one attached hydrogen (secondary N) is 1. The average Bonchev–Trinajstić information content (AvgIpc) is 2.43. The Kier molecular flexibility index (Phi) is 5.08. The summed E-state index contributed by atoms with van der Waals surface area (Å²) in [5, 5.41) is 11.8. The third kappa shape index (κ3) is 3.67. The number of likely N-dealkylation sites (tertiary alicyclic amines) is 2. The van der Waals surface area contributed by atoms with Gasteiger partial charge in [-0.2, -0.15) is 0 Å². The minimum Gasteiger partial charge on any atom is -0.480 e. The third-order valence-corrected chi connectivity index (χ3v) is 4.84. The summed E-state index contributed by atoms with van der Waals surface area (Å²) < 4.78 is 0. The molecule has 2 saturated heterocycles. The average molecular weight is 297 g/mol. The number of amides is 2. The Morgan fingerprint density at radius 3 is 2.57 bits per heavy atom. The van der Waals surface area contributed by atoms with Crippen LogP contribution >= 0.6 is 0 Å². The van der Waals surface area contributed by atoms with Crippen LogP contribution in [0.3, 0.4) is 0 Å². The van der Waals surface area contributed by atoms with Gasteiger partial charge in [-0.05, 0) is 44.7 Å². The molecule has 0 aliphatic carbocycles. The van der Waals surface area contributed by atoms with Crippen LogP contribution in [-0.4, -0.2) is 65.7 Å². The molecule has 3 unspecified atom stereocenters. The first-order valence-corrected chi connectivity index (χ1v) is 7.88. The van der Waals surface area contributed by atoms with Gasteiger partial charge < -0.3 is 20.2 Å². The molecular formula is C15H27N3O3. The van der Waals surface area contributed by atoms with Gasteiger partial charge in [0, 0.05) is 19.1 Å². The highest BCUT2D eigenvalue weighted by molar-refractivity contribution is 5.82. The van der Waals surface area contributed by atoms with Crippen LogP contribution in [0.25, 0.3) is 0 Å². The van der Waals surface area contributed by atoms with E-state index in [0.29, 0.717) is 18.5 Å². The first-order chi connectivity index (χ1) is 9.90. The predicted molar refractivity (Wildman–Crippen MR) is 80.1 cm³/mol. The van der Waals surface area contributed by atoms with Crippen molar-refractivity contribution in [1.29, 1.82) is 0 Å². The van der Waals surface area contributed by atoms with Crippen LogP contribution in [0.2, 0.25) is 0 Å². The van der Waals surface area contributed by atoms with Crippen molar-refractivity contribution in [2.24, 2.45) is 11.8 Å². The first-order valence-electron chi connectivity index (χ1n) is 7.88. The molecule has 0 aromatic rings. The normalized spacial score (nSPS) is 28.1. The van der Waals surface area contributed by atoms with Crippen LogP contribution in [0.5, 0.6) is 0 Å². The molecule has 0 aromatic heterocycles. The largest absolute Gasteiger partial charge is 0.480 e. The molecule has 0 saturated carbocycles. The van der Waals surface area contributed by atoms with Crippen molar-refractivity contribution >= 4 is 12.0 Å². The lowest BCUT2D eigenvalue weighted by molar-refractivity contribution is -0.140. The molecule has 2 aliphatic rings. The van der Waals surface area contributed by atoms with Crippen LogP contribution in [0.1, 0.15) is 33.1 Å². The Hall–Kier alpha value is -1.30. The van der Waals surface area contributed by atoms with Gasteiger partial charge in [0.1, 0.15) is 6.04 Å². The number of carbonyl (C=O) groups excluding carboxylic acids is 1. The van der Waals surface area contributed by atoms with Crippen LogP contribution in [0, 0.1) is 11.8 Å². The number of hydrogen-bond acceptors (Lipinski definition) is 3. The number of fused-ring (bicyclic) bond motifs is 1. The van der Waals surface area contributed by atoms with Gasteiger partial charge in [-0.15, -0.1) is 0 Å². The molecule has 2 amide bonds. The molecule has 120 valence electrons. The molecule has 2 heterocycles. The number of carboxylic acid groups (broad SMARTS) is 1. The van der Waals surface area contributed by atoms with E-state index < -0.39 is 12.0 Å². The molecule has 0 radical (unpaired) electrons. The number of nitrogens with zero attached hydrogens (tertiary/aromatic N) is 2. The summed E-state index contributed by atoms with van der Waals surface area (Å²) >= 11 is 0. The molecule has 3 atom stereocenters. The van der Waals surface area contributed by atoms with Crippen molar-refractivity contribution in [1.82, 2.24) is 15.1 Å². The summed E-state index contributed by atoms with van der Waals surface area (Å²) in [7, 11) is 2.16. The second-order valence-corrected chi connectivity index (χ2v) is 6.69. The lowest BCUT2D eigenvalue weighted by Crippen LogP contribution is -2.57. The summed E-state index contributed by atoms with van der Waals surface area (Å²) in [6.07, 6.45) is 3.32. The van der Waals surface area contributed by atoms with E-state index >= 15 is 0 Å². The van der Waals surface area contributed by atoms with Gasteiger partial charge in [0.05, 0.1) is 0 Å². The Morgan fingerprint density at radius 2 is 1.95 bits per heavy atom. The Labute approximate surface area is 126 Å². The Morgan fingerprint density at radius 1 is 1.24 bits per heavy atom. The molecule has 6 nitrogen and oxygen atoms in total. The SMILES string of the molecule is CC(C)C(NC(=O)N1CCC2C(CCCN2C)C1)C(=O)O. The maximum atomic E-state index is 12.3. The maximum absolute atomic E-state index is 12.3. The second-order valence-electron chi connectivity index (χ2n) is 6.69. The highest BCUT2D eigenvalue weighted by Crippen LogP contribution is 2.29. The van der Waals surface area contributed by atoms with Crippen LogP contribution < -0.4 is 5.32 Å². The van der Waals surface area contributed by atoms with Crippen LogP contribution in [0.4, 0.5) is 4.79 Å². The van der Waals surface area contributed by atoms with Crippen molar-refractivity contribution in [3.63, 3.8) is 0 Å². The third-order valence-electron chi connectivity index (χ3n) is 4.84. The zero-order valence-electron chi connectivity index (χ0n) is 13.2. The molecule has 2 fully saturated rings. The second kappa shape index (κ2) is 6.64. The van der Waals surface area contributed by atoms with Gasteiger partial charge in [-0.3, -0.25) is 0 Å². The molecule has 6 heteroatoms. The van der Waals surface area contributed by atoms with Gasteiger partial charge in [0.2, 0.25) is 0 Å². The highest BCUT2D eigenvalue weighted by Gasteiger charge is 2.36. The fraction of sp³-hybridized carbons (Fsp3) is 0.867. The zero-order chi connectivity index (χ0) is 15.6. The maximum Gasteiger partial charge on any atom is 0.326 e.